The number of amides is 1. The summed E-state index contributed by atoms with van der Waals surface area (Å²) in [6.45, 7) is 1.83. The predicted molar refractivity (Wildman–Crippen MR) is 130 cm³/mol. The Balaban J connectivity index is 1.62. The Kier molecular flexibility index (Phi) is 8.14. The number of carbonyl (C=O) groups is 1. The molecule has 0 radical (unpaired) electrons. The van der Waals surface area contributed by atoms with Crippen LogP contribution in [0.3, 0.4) is 0 Å². The van der Waals surface area contributed by atoms with Crippen molar-refractivity contribution in [2.45, 2.75) is 25.3 Å². The molecule has 0 aromatic heterocycles. The first-order valence-electron chi connectivity index (χ1n) is 11.5. The number of benzene rings is 3. The first-order chi connectivity index (χ1) is 16.5. The summed E-state index contributed by atoms with van der Waals surface area (Å²) in [5, 5.41) is 6.88. The van der Waals surface area contributed by atoms with Gasteiger partial charge in [-0.1, -0.05) is 48.0 Å². The summed E-state index contributed by atoms with van der Waals surface area (Å²) in [4.78, 5) is 13.1. The molecule has 1 aliphatic rings. The van der Waals surface area contributed by atoms with Crippen molar-refractivity contribution in [1.82, 2.24) is 10.6 Å². The van der Waals surface area contributed by atoms with Crippen LogP contribution in [-0.2, 0) is 4.79 Å². The highest BCUT2D eigenvalue weighted by Gasteiger charge is 2.26. The lowest BCUT2D eigenvalue weighted by Gasteiger charge is -2.27. The van der Waals surface area contributed by atoms with Gasteiger partial charge < -0.3 is 15.4 Å². The van der Waals surface area contributed by atoms with Crippen LogP contribution in [0.2, 0.25) is 5.02 Å². The van der Waals surface area contributed by atoms with Crippen LogP contribution in [0, 0.1) is 17.6 Å². The summed E-state index contributed by atoms with van der Waals surface area (Å²) in [7, 11) is 0. The molecule has 0 spiro atoms. The highest BCUT2D eigenvalue weighted by atomic mass is 35.5. The third kappa shape index (κ3) is 5.93. The topological polar surface area (TPSA) is 50.4 Å². The third-order valence-corrected chi connectivity index (χ3v) is 6.39. The molecule has 1 aliphatic heterocycles. The molecule has 7 heteroatoms. The minimum Gasteiger partial charge on any atom is -0.492 e. The maximum Gasteiger partial charge on any atom is 0.223 e. The van der Waals surface area contributed by atoms with Gasteiger partial charge in [0.1, 0.15) is 17.4 Å². The molecule has 0 bridgehead atoms. The molecule has 1 unspecified atom stereocenters. The second-order valence-corrected chi connectivity index (χ2v) is 8.77. The smallest absolute Gasteiger partial charge is 0.223 e. The van der Waals surface area contributed by atoms with Gasteiger partial charge in [0.2, 0.25) is 5.91 Å². The van der Waals surface area contributed by atoms with Crippen LogP contribution in [0.5, 0.6) is 5.75 Å². The van der Waals surface area contributed by atoms with Crippen LogP contribution in [0.1, 0.15) is 30.9 Å². The Labute approximate surface area is 203 Å². The highest BCUT2D eigenvalue weighted by molar-refractivity contribution is 6.32. The number of hydrogen-bond donors (Lipinski definition) is 2. The van der Waals surface area contributed by atoms with Crippen molar-refractivity contribution in [2.24, 2.45) is 5.92 Å². The van der Waals surface area contributed by atoms with E-state index in [4.69, 9.17) is 16.3 Å². The summed E-state index contributed by atoms with van der Waals surface area (Å²) >= 11 is 6.20. The molecule has 1 atom stereocenters. The van der Waals surface area contributed by atoms with E-state index < -0.39 is 17.7 Å². The molecule has 4 rings (SSSR count). The number of rotatable bonds is 8. The van der Waals surface area contributed by atoms with Gasteiger partial charge in [-0.3, -0.25) is 4.79 Å². The van der Waals surface area contributed by atoms with Crippen molar-refractivity contribution in [2.75, 3.05) is 19.7 Å². The molecule has 3 aromatic rings. The number of piperidine rings is 1. The molecular formula is C27H27ClF2N2O2. The minimum atomic E-state index is -0.500. The Morgan fingerprint density at radius 3 is 2.53 bits per heavy atom. The average Bonchev–Trinajstić information content (AvgIpc) is 2.85. The van der Waals surface area contributed by atoms with Crippen LogP contribution in [0.15, 0.2) is 66.7 Å². The lowest BCUT2D eigenvalue weighted by atomic mass is 9.91. The van der Waals surface area contributed by atoms with Gasteiger partial charge in [0.05, 0.1) is 17.7 Å². The molecule has 3 aromatic carbocycles. The zero-order chi connectivity index (χ0) is 23.9. The van der Waals surface area contributed by atoms with Crippen LogP contribution in [-0.4, -0.2) is 25.6 Å². The SMILES string of the molecule is O=C(NC(CCOc1ccccc1Cl)c1ccc(F)cc1-c1ccccc1F)C1CCNCC1. The zero-order valence-corrected chi connectivity index (χ0v) is 19.5. The van der Waals surface area contributed by atoms with Gasteiger partial charge in [-0.05, 0) is 67.4 Å². The number of ether oxygens (including phenoxy) is 1. The molecular weight excluding hydrogens is 458 g/mol. The molecule has 1 amide bonds. The van der Waals surface area contributed by atoms with Crippen molar-refractivity contribution in [3.8, 4) is 16.9 Å². The van der Waals surface area contributed by atoms with Gasteiger partial charge in [0.25, 0.3) is 0 Å². The molecule has 4 nitrogen and oxygen atoms in total. The standard InChI is InChI=1S/C27H27ClF2N2O2/c28-23-6-2-4-8-26(23)34-16-13-25(32-27(33)18-11-14-31-15-12-18)21-10-9-19(29)17-22(21)20-5-1-3-7-24(20)30/h1-10,17-18,25,31H,11-16H2,(H,32,33). The van der Waals surface area contributed by atoms with E-state index in [0.29, 0.717) is 28.3 Å². The fourth-order valence-corrected chi connectivity index (χ4v) is 4.46. The van der Waals surface area contributed by atoms with E-state index in [1.165, 1.54) is 18.2 Å². The van der Waals surface area contributed by atoms with Gasteiger partial charge >= 0.3 is 0 Å². The number of para-hydroxylation sites is 1. The fourth-order valence-electron chi connectivity index (χ4n) is 4.27. The maximum absolute atomic E-state index is 14.7. The van der Waals surface area contributed by atoms with E-state index in [2.05, 4.69) is 10.6 Å². The normalized spacial score (nSPS) is 15.0. The molecule has 34 heavy (non-hydrogen) atoms. The van der Waals surface area contributed by atoms with Crippen molar-refractivity contribution in [3.63, 3.8) is 0 Å². The Hall–Kier alpha value is -2.96. The Bertz CT molecular complexity index is 1140. The molecule has 2 N–H and O–H groups in total. The van der Waals surface area contributed by atoms with E-state index in [1.54, 1.807) is 36.4 Å². The molecule has 1 saturated heterocycles. The largest absolute Gasteiger partial charge is 0.492 e. The zero-order valence-electron chi connectivity index (χ0n) is 18.7. The monoisotopic (exact) mass is 484 g/mol. The summed E-state index contributed by atoms with van der Waals surface area (Å²) < 4.78 is 34.8. The molecule has 1 heterocycles. The van der Waals surface area contributed by atoms with Crippen LogP contribution < -0.4 is 15.4 Å². The van der Waals surface area contributed by atoms with Gasteiger partial charge in [0.15, 0.2) is 0 Å². The quantitative estimate of drug-likeness (QED) is 0.418. The Morgan fingerprint density at radius 2 is 1.76 bits per heavy atom. The predicted octanol–water partition coefficient (Wildman–Crippen LogP) is 5.91. The fraction of sp³-hybridized carbons (Fsp3) is 0.296. The van der Waals surface area contributed by atoms with Gasteiger partial charge in [-0.2, -0.15) is 0 Å². The van der Waals surface area contributed by atoms with Crippen LogP contribution in [0.25, 0.3) is 11.1 Å². The molecule has 0 aliphatic carbocycles. The average molecular weight is 485 g/mol. The number of carbonyl (C=O) groups excluding carboxylic acids is 1. The third-order valence-electron chi connectivity index (χ3n) is 6.08. The van der Waals surface area contributed by atoms with Crippen LogP contribution >= 0.6 is 11.6 Å². The number of nitrogens with one attached hydrogen (secondary N) is 2. The lowest BCUT2D eigenvalue weighted by Crippen LogP contribution is -2.40. The maximum atomic E-state index is 14.7. The summed E-state index contributed by atoms with van der Waals surface area (Å²) in [6, 6.07) is 17.2. The number of halogens is 3. The second-order valence-electron chi connectivity index (χ2n) is 8.36. The lowest BCUT2D eigenvalue weighted by molar-refractivity contribution is -0.126. The molecule has 0 saturated carbocycles. The Morgan fingerprint density at radius 1 is 1.03 bits per heavy atom. The van der Waals surface area contributed by atoms with Crippen molar-refractivity contribution < 1.29 is 18.3 Å². The first-order valence-corrected chi connectivity index (χ1v) is 11.8. The first kappa shape index (κ1) is 24.2. The van der Waals surface area contributed by atoms with Crippen molar-refractivity contribution in [1.29, 1.82) is 0 Å². The second kappa shape index (κ2) is 11.4. The summed E-state index contributed by atoms with van der Waals surface area (Å²) in [5.41, 5.74) is 1.33. The van der Waals surface area contributed by atoms with Crippen molar-refractivity contribution >= 4 is 17.5 Å². The highest BCUT2D eigenvalue weighted by Crippen LogP contribution is 2.33. The summed E-state index contributed by atoms with van der Waals surface area (Å²) in [5.74, 6) is -0.553. The van der Waals surface area contributed by atoms with E-state index in [0.717, 1.165) is 25.9 Å². The molecule has 178 valence electrons. The van der Waals surface area contributed by atoms with Gasteiger partial charge in [0, 0.05) is 17.9 Å². The molecule has 1 fully saturated rings. The van der Waals surface area contributed by atoms with E-state index in [1.807, 2.05) is 12.1 Å². The van der Waals surface area contributed by atoms with E-state index >= 15 is 0 Å². The van der Waals surface area contributed by atoms with E-state index in [-0.39, 0.29) is 24.0 Å². The number of hydrogen-bond acceptors (Lipinski definition) is 3. The van der Waals surface area contributed by atoms with Gasteiger partial charge in [-0.25, -0.2) is 8.78 Å². The summed E-state index contributed by atoms with van der Waals surface area (Å²) in [6.07, 6.45) is 1.89. The van der Waals surface area contributed by atoms with Gasteiger partial charge in [-0.15, -0.1) is 0 Å². The van der Waals surface area contributed by atoms with Crippen molar-refractivity contribution in [3.05, 3.63) is 89.0 Å². The van der Waals surface area contributed by atoms with E-state index in [9.17, 15) is 13.6 Å². The van der Waals surface area contributed by atoms with Crippen LogP contribution in [0.4, 0.5) is 8.78 Å². The minimum absolute atomic E-state index is 0.0620.